The molecule has 0 spiro atoms. The van der Waals surface area contributed by atoms with Gasteiger partial charge in [0.25, 0.3) is 17.7 Å². The summed E-state index contributed by atoms with van der Waals surface area (Å²) in [6.45, 7) is 4.76. The molecule has 0 aromatic heterocycles. The molecule has 0 saturated heterocycles. The summed E-state index contributed by atoms with van der Waals surface area (Å²) in [4.78, 5) is 39.0. The Morgan fingerprint density at radius 2 is 1.70 bits per heavy atom. The van der Waals surface area contributed by atoms with E-state index in [1.807, 2.05) is 13.8 Å². The Morgan fingerprint density at radius 3 is 2.33 bits per heavy atom. The smallest absolute Gasteiger partial charge is 0.261 e. The highest BCUT2D eigenvalue weighted by Crippen LogP contribution is 2.25. The summed E-state index contributed by atoms with van der Waals surface area (Å²) in [6.07, 6.45) is 0. The van der Waals surface area contributed by atoms with E-state index in [1.165, 1.54) is 42.3 Å². The second-order valence-corrected chi connectivity index (χ2v) is 9.86. The van der Waals surface area contributed by atoms with Crippen LogP contribution in [0.1, 0.15) is 50.5 Å². The molecule has 1 aliphatic rings. The zero-order valence-electron chi connectivity index (χ0n) is 18.8. The van der Waals surface area contributed by atoms with Gasteiger partial charge < -0.3 is 10.1 Å². The zero-order chi connectivity index (χ0) is 24.2. The van der Waals surface area contributed by atoms with E-state index in [-0.39, 0.29) is 47.5 Å². The van der Waals surface area contributed by atoms with Gasteiger partial charge in [-0.05, 0) is 41.8 Å². The van der Waals surface area contributed by atoms with Crippen molar-refractivity contribution in [2.45, 2.75) is 25.3 Å². The first kappa shape index (κ1) is 24.6. The third kappa shape index (κ3) is 5.65. The molecule has 3 amide bonds. The number of fused-ring (bicyclic) bond motifs is 1. The van der Waals surface area contributed by atoms with Crippen LogP contribution >= 0.6 is 0 Å². The first-order valence-corrected chi connectivity index (χ1v) is 12.0. The number of ether oxygens (including phenoxy) is 1. The fourth-order valence-corrected chi connectivity index (χ4v) is 4.41. The van der Waals surface area contributed by atoms with E-state index < -0.39 is 21.8 Å². The Hall–Kier alpha value is -3.08. The van der Waals surface area contributed by atoms with Crippen LogP contribution in [0.15, 0.2) is 47.4 Å². The minimum Gasteiger partial charge on any atom is -0.383 e. The lowest BCUT2D eigenvalue weighted by Gasteiger charge is -2.15. The van der Waals surface area contributed by atoms with Crippen LogP contribution < -0.4 is 10.0 Å². The van der Waals surface area contributed by atoms with Crippen molar-refractivity contribution in [2.75, 3.05) is 26.8 Å². The van der Waals surface area contributed by atoms with Crippen molar-refractivity contribution < 1.29 is 27.5 Å². The maximum Gasteiger partial charge on any atom is 0.261 e. The number of sulfonamides is 1. The van der Waals surface area contributed by atoms with Gasteiger partial charge in [0.15, 0.2) is 0 Å². The van der Waals surface area contributed by atoms with Crippen molar-refractivity contribution in [1.29, 1.82) is 0 Å². The lowest BCUT2D eigenvalue weighted by Crippen LogP contribution is -2.33. The molecule has 2 N–H and O–H groups in total. The normalized spacial score (nSPS) is 13.5. The number of nitrogens with one attached hydrogen (secondary N) is 2. The SMILES string of the molecule is COCCNS(=O)(=O)c1ccc(CNC(=O)c2ccc3c(c2)C(=O)N(CC(C)C)C3=O)cc1. The molecule has 0 aliphatic carbocycles. The molecule has 33 heavy (non-hydrogen) atoms. The standard InChI is InChI=1S/C23H27N3O6S/c1-15(2)14-26-22(28)19-9-6-17(12-20(19)23(26)29)21(27)24-13-16-4-7-18(8-5-16)33(30,31)25-10-11-32-3/h4-9,12,15,25H,10-11,13-14H2,1-3H3,(H,24,27). The van der Waals surface area contributed by atoms with Crippen LogP contribution in [0.3, 0.4) is 0 Å². The van der Waals surface area contributed by atoms with E-state index in [0.717, 1.165) is 0 Å². The third-order valence-corrected chi connectivity index (χ3v) is 6.54. The average Bonchev–Trinajstić information content (AvgIpc) is 3.02. The first-order valence-electron chi connectivity index (χ1n) is 10.5. The monoisotopic (exact) mass is 473 g/mol. The van der Waals surface area contributed by atoms with Gasteiger partial charge in [0.2, 0.25) is 10.0 Å². The minimum atomic E-state index is -3.63. The summed E-state index contributed by atoms with van der Waals surface area (Å²) in [5, 5.41) is 2.75. The Kier molecular flexibility index (Phi) is 7.62. The zero-order valence-corrected chi connectivity index (χ0v) is 19.6. The number of carbonyl (C=O) groups excluding carboxylic acids is 3. The first-order chi connectivity index (χ1) is 15.6. The van der Waals surface area contributed by atoms with Crippen LogP contribution in [-0.4, -0.2) is 57.8 Å². The number of benzene rings is 2. The van der Waals surface area contributed by atoms with Crippen molar-refractivity contribution in [1.82, 2.24) is 14.9 Å². The topological polar surface area (TPSA) is 122 Å². The second kappa shape index (κ2) is 10.2. The number of hydrogen-bond donors (Lipinski definition) is 2. The van der Waals surface area contributed by atoms with Gasteiger partial charge in [0, 0.05) is 32.3 Å². The van der Waals surface area contributed by atoms with Crippen LogP contribution in [0.4, 0.5) is 0 Å². The molecule has 176 valence electrons. The summed E-state index contributed by atoms with van der Waals surface area (Å²) in [5.74, 6) is -1.01. The van der Waals surface area contributed by atoms with Crippen molar-refractivity contribution in [2.24, 2.45) is 5.92 Å². The Bertz CT molecular complexity index is 1160. The van der Waals surface area contributed by atoms with Gasteiger partial charge in [0.05, 0.1) is 22.6 Å². The van der Waals surface area contributed by atoms with E-state index >= 15 is 0 Å². The van der Waals surface area contributed by atoms with Gasteiger partial charge in [-0.2, -0.15) is 0 Å². The highest BCUT2D eigenvalue weighted by Gasteiger charge is 2.36. The molecule has 0 fully saturated rings. The number of hydrogen-bond acceptors (Lipinski definition) is 6. The molecule has 1 heterocycles. The number of methoxy groups -OCH3 is 1. The molecule has 3 rings (SSSR count). The number of imide groups is 1. The summed E-state index contributed by atoms with van der Waals surface area (Å²) >= 11 is 0. The van der Waals surface area contributed by atoms with E-state index in [1.54, 1.807) is 12.1 Å². The molecule has 2 aromatic rings. The molecular weight excluding hydrogens is 446 g/mol. The number of carbonyl (C=O) groups is 3. The second-order valence-electron chi connectivity index (χ2n) is 8.09. The number of nitrogens with zero attached hydrogens (tertiary/aromatic N) is 1. The quantitative estimate of drug-likeness (QED) is 0.401. The van der Waals surface area contributed by atoms with Crippen molar-refractivity contribution in [3.05, 3.63) is 64.7 Å². The molecular formula is C23H27N3O6S. The van der Waals surface area contributed by atoms with E-state index in [2.05, 4.69) is 10.0 Å². The van der Waals surface area contributed by atoms with Gasteiger partial charge in [-0.1, -0.05) is 26.0 Å². The Balaban J connectivity index is 1.64. The van der Waals surface area contributed by atoms with E-state index in [4.69, 9.17) is 4.74 Å². The summed E-state index contributed by atoms with van der Waals surface area (Å²) in [5.41, 5.74) is 1.49. The van der Waals surface area contributed by atoms with E-state index in [9.17, 15) is 22.8 Å². The molecule has 0 bridgehead atoms. The fourth-order valence-electron chi connectivity index (χ4n) is 3.40. The third-order valence-electron chi connectivity index (χ3n) is 5.07. The predicted molar refractivity (Wildman–Crippen MR) is 121 cm³/mol. The summed E-state index contributed by atoms with van der Waals surface area (Å²) in [7, 11) is -2.15. The number of amides is 3. The molecule has 1 aliphatic heterocycles. The highest BCUT2D eigenvalue weighted by atomic mass is 32.2. The Labute approximate surface area is 193 Å². The van der Waals surface area contributed by atoms with Crippen LogP contribution in [0, 0.1) is 5.92 Å². The van der Waals surface area contributed by atoms with Gasteiger partial charge >= 0.3 is 0 Å². The lowest BCUT2D eigenvalue weighted by atomic mass is 10.1. The summed E-state index contributed by atoms with van der Waals surface area (Å²) in [6, 6.07) is 10.6. The molecule has 10 heteroatoms. The average molecular weight is 474 g/mol. The van der Waals surface area contributed by atoms with Gasteiger partial charge in [0.1, 0.15) is 0 Å². The largest absolute Gasteiger partial charge is 0.383 e. The lowest BCUT2D eigenvalue weighted by molar-refractivity contribution is 0.0636. The molecule has 9 nitrogen and oxygen atoms in total. The molecule has 0 atom stereocenters. The molecule has 0 radical (unpaired) electrons. The predicted octanol–water partition coefficient (Wildman–Crippen LogP) is 1.79. The molecule has 0 saturated carbocycles. The number of rotatable bonds is 10. The van der Waals surface area contributed by atoms with Gasteiger partial charge in [-0.15, -0.1) is 0 Å². The van der Waals surface area contributed by atoms with E-state index in [0.29, 0.717) is 17.7 Å². The Morgan fingerprint density at radius 1 is 1.03 bits per heavy atom. The fraction of sp³-hybridized carbons (Fsp3) is 0.348. The van der Waals surface area contributed by atoms with Crippen molar-refractivity contribution in [3.63, 3.8) is 0 Å². The van der Waals surface area contributed by atoms with Gasteiger partial charge in [-0.3, -0.25) is 19.3 Å². The van der Waals surface area contributed by atoms with Crippen LogP contribution in [0.25, 0.3) is 0 Å². The highest BCUT2D eigenvalue weighted by molar-refractivity contribution is 7.89. The van der Waals surface area contributed by atoms with Crippen LogP contribution in [-0.2, 0) is 21.3 Å². The van der Waals surface area contributed by atoms with Crippen LogP contribution in [0.5, 0.6) is 0 Å². The molecule has 2 aromatic carbocycles. The summed E-state index contributed by atoms with van der Waals surface area (Å²) < 4.78 is 31.7. The molecule has 0 unspecified atom stereocenters. The van der Waals surface area contributed by atoms with Gasteiger partial charge in [-0.25, -0.2) is 13.1 Å². The van der Waals surface area contributed by atoms with Crippen molar-refractivity contribution in [3.8, 4) is 0 Å². The maximum absolute atomic E-state index is 12.6. The minimum absolute atomic E-state index is 0.112. The van der Waals surface area contributed by atoms with Crippen molar-refractivity contribution >= 4 is 27.7 Å². The maximum atomic E-state index is 12.6. The van der Waals surface area contributed by atoms with Crippen LogP contribution in [0.2, 0.25) is 0 Å².